The van der Waals surface area contributed by atoms with Crippen LogP contribution in [-0.4, -0.2) is 54.0 Å². The minimum Gasteiger partial charge on any atom is -0.465 e. The number of hydrogen-bond donors (Lipinski definition) is 1. The zero-order valence-electron chi connectivity index (χ0n) is 12.4. The zero-order chi connectivity index (χ0) is 14.8. The first kappa shape index (κ1) is 17.4. The van der Waals surface area contributed by atoms with Gasteiger partial charge in [0.25, 0.3) is 5.91 Å². The van der Waals surface area contributed by atoms with Crippen molar-refractivity contribution < 1.29 is 14.3 Å². The molecular weight excluding hydrogens is 294 g/mol. The van der Waals surface area contributed by atoms with Gasteiger partial charge in [0, 0.05) is 31.4 Å². The lowest BCUT2D eigenvalue weighted by Gasteiger charge is -2.38. The molecule has 0 radical (unpaired) electrons. The maximum absolute atomic E-state index is 12.4. The number of pyridine rings is 1. The van der Waals surface area contributed by atoms with Gasteiger partial charge >= 0.3 is 5.97 Å². The summed E-state index contributed by atoms with van der Waals surface area (Å²) in [5, 5.41) is 3.35. The van der Waals surface area contributed by atoms with Gasteiger partial charge in [0.15, 0.2) is 0 Å². The molecule has 0 spiro atoms. The van der Waals surface area contributed by atoms with Gasteiger partial charge in [-0.2, -0.15) is 0 Å². The highest BCUT2D eigenvalue weighted by Crippen LogP contribution is 2.13. The van der Waals surface area contributed by atoms with E-state index >= 15 is 0 Å². The van der Waals surface area contributed by atoms with Crippen LogP contribution in [0.15, 0.2) is 18.3 Å². The van der Waals surface area contributed by atoms with Crippen molar-refractivity contribution >= 4 is 24.3 Å². The first-order chi connectivity index (χ1) is 9.43. The van der Waals surface area contributed by atoms with Gasteiger partial charge in [0.05, 0.1) is 12.7 Å². The molecule has 1 aromatic rings. The molecule has 116 valence electrons. The molecule has 1 N–H and O–H groups in total. The molecule has 6 nitrogen and oxygen atoms in total. The largest absolute Gasteiger partial charge is 0.465 e. The Kier molecular flexibility index (Phi) is 5.69. The number of amides is 1. The minimum atomic E-state index is -0.459. The van der Waals surface area contributed by atoms with E-state index in [4.69, 9.17) is 0 Å². The Morgan fingerprint density at radius 1 is 1.38 bits per heavy atom. The van der Waals surface area contributed by atoms with Crippen LogP contribution in [0.5, 0.6) is 0 Å². The van der Waals surface area contributed by atoms with Crippen LogP contribution in [0, 0.1) is 0 Å². The number of ether oxygens (including phenoxy) is 1. The van der Waals surface area contributed by atoms with Crippen LogP contribution < -0.4 is 5.32 Å². The van der Waals surface area contributed by atoms with E-state index in [1.807, 2.05) is 0 Å². The molecule has 1 aliphatic heterocycles. The van der Waals surface area contributed by atoms with Gasteiger partial charge in [0.1, 0.15) is 5.69 Å². The van der Waals surface area contributed by atoms with Crippen LogP contribution in [0.25, 0.3) is 0 Å². The predicted molar refractivity (Wildman–Crippen MR) is 80.8 cm³/mol. The van der Waals surface area contributed by atoms with E-state index in [2.05, 4.69) is 28.9 Å². The third-order valence-corrected chi connectivity index (χ3v) is 3.26. The molecule has 2 heterocycles. The lowest BCUT2D eigenvalue weighted by atomic mass is 10.0. The van der Waals surface area contributed by atoms with Crippen molar-refractivity contribution in [3.63, 3.8) is 0 Å². The first-order valence-corrected chi connectivity index (χ1v) is 6.51. The number of nitrogens with zero attached hydrogens (tertiary/aromatic N) is 2. The summed E-state index contributed by atoms with van der Waals surface area (Å²) in [6, 6.07) is 3.11. The highest BCUT2D eigenvalue weighted by Gasteiger charge is 2.29. The maximum atomic E-state index is 12.4. The van der Waals surface area contributed by atoms with E-state index in [1.54, 1.807) is 17.0 Å². The second-order valence-corrected chi connectivity index (χ2v) is 5.46. The molecule has 1 aromatic heterocycles. The van der Waals surface area contributed by atoms with E-state index in [-0.39, 0.29) is 23.9 Å². The Morgan fingerprint density at radius 3 is 2.62 bits per heavy atom. The van der Waals surface area contributed by atoms with Crippen molar-refractivity contribution in [2.45, 2.75) is 19.4 Å². The first-order valence-electron chi connectivity index (χ1n) is 6.51. The lowest BCUT2D eigenvalue weighted by molar-refractivity contribution is 0.0596. The molecule has 7 heteroatoms. The third kappa shape index (κ3) is 4.15. The molecule has 0 aromatic carbocycles. The molecule has 1 amide bonds. The van der Waals surface area contributed by atoms with Gasteiger partial charge in [-0.05, 0) is 26.0 Å². The summed E-state index contributed by atoms with van der Waals surface area (Å²) in [7, 11) is 1.31. The molecule has 0 unspecified atom stereocenters. The second kappa shape index (κ2) is 6.87. The molecule has 2 rings (SSSR count). The monoisotopic (exact) mass is 313 g/mol. The van der Waals surface area contributed by atoms with Crippen LogP contribution in [0.4, 0.5) is 0 Å². The summed E-state index contributed by atoms with van der Waals surface area (Å²) in [6.45, 7) is 6.16. The predicted octanol–water partition coefficient (Wildman–Crippen LogP) is 1.11. The van der Waals surface area contributed by atoms with Crippen LogP contribution >= 0.6 is 12.4 Å². The summed E-state index contributed by atoms with van der Waals surface area (Å²) in [4.78, 5) is 29.5. The quantitative estimate of drug-likeness (QED) is 0.828. The number of nitrogens with one attached hydrogen (secondary N) is 1. The van der Waals surface area contributed by atoms with Crippen molar-refractivity contribution in [3.8, 4) is 0 Å². The number of piperazine rings is 1. The highest BCUT2D eigenvalue weighted by atomic mass is 35.5. The lowest BCUT2D eigenvalue weighted by Crippen LogP contribution is -2.58. The average Bonchev–Trinajstić information content (AvgIpc) is 2.45. The van der Waals surface area contributed by atoms with Crippen LogP contribution in [0.3, 0.4) is 0 Å². The van der Waals surface area contributed by atoms with E-state index in [0.29, 0.717) is 24.3 Å². The van der Waals surface area contributed by atoms with Gasteiger partial charge in [-0.25, -0.2) is 4.79 Å². The van der Waals surface area contributed by atoms with Crippen LogP contribution in [0.2, 0.25) is 0 Å². The van der Waals surface area contributed by atoms with Gasteiger partial charge in [-0.1, -0.05) is 0 Å². The number of carbonyl (C=O) groups excluding carboxylic acids is 2. The number of esters is 1. The van der Waals surface area contributed by atoms with E-state index < -0.39 is 5.97 Å². The Morgan fingerprint density at radius 2 is 2.10 bits per heavy atom. The molecule has 0 atom stereocenters. The summed E-state index contributed by atoms with van der Waals surface area (Å²) in [5.41, 5.74) is 0.583. The smallest absolute Gasteiger partial charge is 0.339 e. The second-order valence-electron chi connectivity index (χ2n) is 5.46. The fourth-order valence-corrected chi connectivity index (χ4v) is 2.24. The Bertz CT molecular complexity index is 517. The van der Waals surface area contributed by atoms with Gasteiger partial charge in [-0.3, -0.25) is 9.78 Å². The topological polar surface area (TPSA) is 71.5 Å². The summed E-state index contributed by atoms with van der Waals surface area (Å²) in [5.74, 6) is -0.573. The molecule has 0 saturated carbocycles. The highest BCUT2D eigenvalue weighted by molar-refractivity contribution is 5.94. The van der Waals surface area contributed by atoms with Crippen molar-refractivity contribution in [1.82, 2.24) is 15.2 Å². The molecule has 0 aliphatic carbocycles. The van der Waals surface area contributed by atoms with E-state index in [0.717, 1.165) is 6.54 Å². The van der Waals surface area contributed by atoms with Crippen molar-refractivity contribution in [2.24, 2.45) is 0 Å². The normalized spacial score (nSPS) is 16.8. The molecule has 1 fully saturated rings. The molecule has 21 heavy (non-hydrogen) atoms. The van der Waals surface area contributed by atoms with E-state index in [1.165, 1.54) is 13.3 Å². The third-order valence-electron chi connectivity index (χ3n) is 3.26. The number of carbonyl (C=O) groups is 2. The van der Waals surface area contributed by atoms with E-state index in [9.17, 15) is 9.59 Å². The number of methoxy groups -OCH3 is 1. The van der Waals surface area contributed by atoms with Crippen molar-refractivity contribution in [1.29, 1.82) is 0 Å². The molecule has 1 aliphatic rings. The Balaban J connectivity index is 0.00000220. The Labute approximate surface area is 130 Å². The summed E-state index contributed by atoms with van der Waals surface area (Å²) in [6.07, 6.45) is 1.37. The molecule has 0 bridgehead atoms. The van der Waals surface area contributed by atoms with Crippen LogP contribution in [-0.2, 0) is 4.74 Å². The zero-order valence-corrected chi connectivity index (χ0v) is 13.2. The SMILES string of the molecule is COC(=O)c1ccc(C(=O)N2CCNC(C)(C)C2)nc1.Cl. The van der Waals surface area contributed by atoms with Crippen molar-refractivity contribution in [3.05, 3.63) is 29.6 Å². The molecular formula is C14H20ClN3O3. The number of hydrogen-bond acceptors (Lipinski definition) is 5. The van der Waals surface area contributed by atoms with Gasteiger partial charge < -0.3 is 15.0 Å². The Hall–Kier alpha value is -1.66. The summed E-state index contributed by atoms with van der Waals surface area (Å²) < 4.78 is 4.60. The number of aromatic nitrogens is 1. The number of rotatable bonds is 2. The standard InChI is InChI=1S/C14H19N3O3.ClH/c1-14(2)9-17(7-6-16-14)12(18)11-5-4-10(8-15-11)13(19)20-3;/h4-5,8,16H,6-7,9H2,1-3H3;1H. The molecule has 1 saturated heterocycles. The summed E-state index contributed by atoms with van der Waals surface area (Å²) >= 11 is 0. The van der Waals surface area contributed by atoms with Crippen molar-refractivity contribution in [2.75, 3.05) is 26.7 Å². The van der Waals surface area contributed by atoms with Gasteiger partial charge in [-0.15, -0.1) is 12.4 Å². The fourth-order valence-electron chi connectivity index (χ4n) is 2.24. The maximum Gasteiger partial charge on any atom is 0.339 e. The number of halogens is 1. The fraction of sp³-hybridized carbons (Fsp3) is 0.500. The minimum absolute atomic E-state index is 0. The van der Waals surface area contributed by atoms with Gasteiger partial charge in [0.2, 0.25) is 0 Å². The van der Waals surface area contributed by atoms with Crippen LogP contribution in [0.1, 0.15) is 34.7 Å². The average molecular weight is 314 g/mol.